The molecule has 6 atom stereocenters. The van der Waals surface area contributed by atoms with E-state index in [1.807, 2.05) is 0 Å². The van der Waals surface area contributed by atoms with Crippen molar-refractivity contribution in [3.05, 3.63) is 0 Å². The molecular weight excluding hydrogens is 735 g/mol. The van der Waals surface area contributed by atoms with Crippen molar-refractivity contribution in [1.29, 1.82) is 0 Å². The van der Waals surface area contributed by atoms with Gasteiger partial charge in [0.05, 0.1) is 12.6 Å². The minimum Gasteiger partial charge on any atom is -0.481 e. The van der Waals surface area contributed by atoms with Crippen molar-refractivity contribution in [1.82, 2.24) is 15.5 Å². The van der Waals surface area contributed by atoms with E-state index in [1.54, 1.807) is 11.8 Å². The van der Waals surface area contributed by atoms with Crippen LogP contribution in [0.2, 0.25) is 0 Å². The molecule has 0 aromatic rings. The largest absolute Gasteiger partial charge is 0.481 e. The second kappa shape index (κ2) is 37.0. The van der Waals surface area contributed by atoms with E-state index in [2.05, 4.69) is 24.5 Å². The molecule has 1 fully saturated rings. The molecule has 1 saturated heterocycles. The Morgan fingerprint density at radius 2 is 1.00 bits per heavy atom. The van der Waals surface area contributed by atoms with Crippen LogP contribution in [-0.4, -0.2) is 99.4 Å². The van der Waals surface area contributed by atoms with Crippen molar-refractivity contribution < 1.29 is 39.5 Å². The van der Waals surface area contributed by atoms with Crippen molar-refractivity contribution in [3.63, 3.8) is 0 Å². The highest BCUT2D eigenvalue weighted by atomic mass is 16.5. The van der Waals surface area contributed by atoms with E-state index in [1.165, 1.54) is 128 Å². The molecule has 0 aromatic carbocycles. The Balaban J connectivity index is 2.76. The molecule has 1 rings (SSSR count). The number of unbranched alkanes of at least 4 members (excludes halogenated alkanes) is 27. The predicted octanol–water partition coefficient (Wildman–Crippen LogP) is 9.32. The van der Waals surface area contributed by atoms with Gasteiger partial charge in [-0.2, -0.15) is 0 Å². The van der Waals surface area contributed by atoms with Crippen LogP contribution < -0.4 is 10.6 Å². The first-order chi connectivity index (χ1) is 28.2. The van der Waals surface area contributed by atoms with Gasteiger partial charge in [0.2, 0.25) is 11.8 Å². The van der Waals surface area contributed by atoms with Gasteiger partial charge in [0, 0.05) is 19.4 Å². The van der Waals surface area contributed by atoms with Crippen LogP contribution in [0, 0.1) is 0 Å². The zero-order valence-corrected chi connectivity index (χ0v) is 37.6. The number of amides is 2. The number of carboxylic acids is 1. The van der Waals surface area contributed by atoms with Crippen molar-refractivity contribution in [2.45, 2.75) is 263 Å². The Hall–Kier alpha value is -1.79. The Labute approximate surface area is 354 Å². The number of aliphatic hydroxyl groups is 3. The zero-order chi connectivity index (χ0) is 42.6. The van der Waals surface area contributed by atoms with Crippen LogP contribution in [0.15, 0.2) is 0 Å². The maximum Gasteiger partial charge on any atom is 0.303 e. The fourth-order valence-electron chi connectivity index (χ4n) is 8.11. The fourth-order valence-corrected chi connectivity index (χ4v) is 8.11. The normalized spacial score (nSPS) is 19.9. The second-order valence-electron chi connectivity index (χ2n) is 17.3. The average molecular weight is 826 g/mol. The number of hydrogen-bond acceptors (Lipinski definition) is 8. The summed E-state index contributed by atoms with van der Waals surface area (Å²) in [5.41, 5.74) is 0. The van der Waals surface area contributed by atoms with Gasteiger partial charge in [-0.05, 0) is 39.2 Å². The molecule has 0 aromatic heterocycles. The number of carbonyl (C=O) groups is 3. The molecule has 0 radical (unpaired) electrons. The lowest BCUT2D eigenvalue weighted by molar-refractivity contribution is -0.231. The average Bonchev–Trinajstić information content (AvgIpc) is 3.21. The molecule has 11 nitrogen and oxygen atoms in total. The Kier molecular flexibility index (Phi) is 34.6. The molecule has 342 valence electrons. The number of ether oxygens (including phenoxy) is 1. The number of aliphatic carboxylic acids is 1. The van der Waals surface area contributed by atoms with E-state index in [9.17, 15) is 29.7 Å². The van der Waals surface area contributed by atoms with E-state index in [4.69, 9.17) is 9.84 Å². The third-order valence-corrected chi connectivity index (χ3v) is 12.0. The molecule has 11 heteroatoms. The monoisotopic (exact) mass is 826 g/mol. The molecule has 1 aliphatic rings. The SMILES string of the molecule is CCCCCCCCCCCCCCCCCC(=O)N(CCCCCCCCCCCCCC)[C@@H]1O[C@H](CO)[C@@H](O)[C@H](O)[C@@H]1NC(=O)[C@H](C)NCCCCCC(=O)O. The summed E-state index contributed by atoms with van der Waals surface area (Å²) >= 11 is 0. The minimum atomic E-state index is -1.45. The van der Waals surface area contributed by atoms with Gasteiger partial charge in [0.25, 0.3) is 0 Å². The number of carbonyl (C=O) groups excluding carboxylic acids is 2. The standard InChI is InChI=1S/C47H91N3O8/c1-4-6-8-10-12-14-16-18-19-20-21-23-25-27-30-34-41(52)50(37-33-28-26-24-22-17-15-13-11-9-7-5-2)47-43(45(56)44(55)40(38-51)58-47)49-46(57)39(3)48-36-32-29-31-35-42(53)54/h39-40,43-45,47-48,51,55-56H,4-38H2,1-3H3,(H,49,57)(H,53,54)/t39-,40+,43-,44+,45+,47+/m0/s1. The number of carboxylic acid groups (broad SMARTS) is 1. The first-order valence-corrected chi connectivity index (χ1v) is 24.3. The van der Waals surface area contributed by atoms with Gasteiger partial charge in [-0.15, -0.1) is 0 Å². The molecule has 0 saturated carbocycles. The number of nitrogens with zero attached hydrogens (tertiary/aromatic N) is 1. The van der Waals surface area contributed by atoms with Crippen LogP contribution in [-0.2, 0) is 19.1 Å². The zero-order valence-electron chi connectivity index (χ0n) is 37.6. The van der Waals surface area contributed by atoms with Gasteiger partial charge in [-0.25, -0.2) is 0 Å². The van der Waals surface area contributed by atoms with Crippen LogP contribution in [0.25, 0.3) is 0 Å². The summed E-state index contributed by atoms with van der Waals surface area (Å²) in [7, 11) is 0. The first-order valence-electron chi connectivity index (χ1n) is 24.3. The topological polar surface area (TPSA) is 169 Å². The summed E-state index contributed by atoms with van der Waals surface area (Å²) in [6, 6.07) is -1.73. The molecule has 0 unspecified atom stereocenters. The molecule has 0 aliphatic carbocycles. The maximum atomic E-state index is 14.0. The van der Waals surface area contributed by atoms with E-state index in [0.29, 0.717) is 32.4 Å². The lowest BCUT2D eigenvalue weighted by atomic mass is 9.94. The van der Waals surface area contributed by atoms with Crippen molar-refractivity contribution >= 4 is 17.8 Å². The number of nitrogens with one attached hydrogen (secondary N) is 2. The fraction of sp³-hybridized carbons (Fsp3) is 0.936. The van der Waals surface area contributed by atoms with Crippen molar-refractivity contribution in [2.75, 3.05) is 19.7 Å². The van der Waals surface area contributed by atoms with Gasteiger partial charge in [-0.1, -0.05) is 181 Å². The Bertz CT molecular complexity index is 1000. The summed E-state index contributed by atoms with van der Waals surface area (Å²) < 4.78 is 6.19. The first kappa shape index (κ1) is 54.2. The number of aliphatic hydroxyl groups excluding tert-OH is 3. The highest BCUT2D eigenvalue weighted by molar-refractivity contribution is 5.82. The molecule has 6 N–H and O–H groups in total. The lowest BCUT2D eigenvalue weighted by Crippen LogP contribution is -2.69. The Morgan fingerprint density at radius 3 is 1.45 bits per heavy atom. The predicted molar refractivity (Wildman–Crippen MR) is 236 cm³/mol. The summed E-state index contributed by atoms with van der Waals surface area (Å²) in [4.78, 5) is 39.9. The van der Waals surface area contributed by atoms with Crippen LogP contribution in [0.1, 0.15) is 226 Å². The van der Waals surface area contributed by atoms with Gasteiger partial charge in [-0.3, -0.25) is 14.4 Å². The van der Waals surface area contributed by atoms with Crippen LogP contribution in [0.5, 0.6) is 0 Å². The second-order valence-corrected chi connectivity index (χ2v) is 17.3. The maximum absolute atomic E-state index is 14.0. The van der Waals surface area contributed by atoms with Gasteiger partial charge in [0.15, 0.2) is 6.23 Å². The van der Waals surface area contributed by atoms with Gasteiger partial charge in [0.1, 0.15) is 24.4 Å². The summed E-state index contributed by atoms with van der Waals surface area (Å²) in [6.45, 7) is 6.59. The molecular formula is C47H91N3O8. The quantitative estimate of drug-likeness (QED) is 0.0330. The van der Waals surface area contributed by atoms with Gasteiger partial charge < -0.3 is 40.7 Å². The molecule has 0 bridgehead atoms. The highest BCUT2D eigenvalue weighted by Crippen LogP contribution is 2.26. The van der Waals surface area contributed by atoms with E-state index < -0.39 is 55.1 Å². The van der Waals surface area contributed by atoms with E-state index >= 15 is 0 Å². The summed E-state index contributed by atoms with van der Waals surface area (Å²) in [5, 5.41) is 47.1. The molecule has 58 heavy (non-hydrogen) atoms. The van der Waals surface area contributed by atoms with Crippen LogP contribution >= 0.6 is 0 Å². The van der Waals surface area contributed by atoms with Crippen molar-refractivity contribution in [3.8, 4) is 0 Å². The number of hydrogen-bond donors (Lipinski definition) is 6. The van der Waals surface area contributed by atoms with E-state index in [-0.39, 0.29) is 12.3 Å². The lowest BCUT2D eigenvalue weighted by Gasteiger charge is -2.47. The highest BCUT2D eigenvalue weighted by Gasteiger charge is 2.48. The van der Waals surface area contributed by atoms with Crippen LogP contribution in [0.3, 0.4) is 0 Å². The van der Waals surface area contributed by atoms with E-state index in [0.717, 1.165) is 51.4 Å². The van der Waals surface area contributed by atoms with Crippen molar-refractivity contribution in [2.24, 2.45) is 0 Å². The summed E-state index contributed by atoms with van der Waals surface area (Å²) in [5.74, 6) is -1.33. The third-order valence-electron chi connectivity index (χ3n) is 12.0. The molecule has 0 spiro atoms. The molecule has 2 amide bonds. The smallest absolute Gasteiger partial charge is 0.303 e. The molecule has 1 heterocycles. The minimum absolute atomic E-state index is 0.102. The number of rotatable bonds is 40. The molecule has 1 aliphatic heterocycles. The Morgan fingerprint density at radius 1 is 0.586 bits per heavy atom. The summed E-state index contributed by atoms with van der Waals surface area (Å²) in [6.07, 6.45) is 30.3. The van der Waals surface area contributed by atoms with Gasteiger partial charge >= 0.3 is 5.97 Å². The van der Waals surface area contributed by atoms with Crippen LogP contribution in [0.4, 0.5) is 0 Å². The third kappa shape index (κ3) is 26.4.